The third-order valence-corrected chi connectivity index (χ3v) is 4.16. The molecule has 1 aliphatic rings. The number of nitrogens with one attached hydrogen (secondary N) is 1. The van der Waals surface area contributed by atoms with Crippen molar-refractivity contribution in [1.82, 2.24) is 5.32 Å². The molecule has 0 saturated heterocycles. The molecule has 19 heavy (non-hydrogen) atoms. The van der Waals surface area contributed by atoms with Gasteiger partial charge in [0.25, 0.3) is 0 Å². The minimum atomic E-state index is -0.876. The van der Waals surface area contributed by atoms with Crippen molar-refractivity contribution in [3.8, 4) is 0 Å². The highest BCUT2D eigenvalue weighted by atomic mass is 32.2. The van der Waals surface area contributed by atoms with Crippen LogP contribution in [-0.4, -0.2) is 23.6 Å². The molecular formula is C13H17N3O2S. The number of hydrogen-bond acceptors (Lipinski definition) is 4. The van der Waals surface area contributed by atoms with Crippen molar-refractivity contribution in [2.45, 2.75) is 29.8 Å². The molecule has 5 N–H and O–H groups in total. The van der Waals surface area contributed by atoms with Crippen LogP contribution in [0.4, 0.5) is 0 Å². The smallest absolute Gasteiger partial charge is 0.237 e. The van der Waals surface area contributed by atoms with Gasteiger partial charge in [-0.25, -0.2) is 0 Å². The molecule has 2 amide bonds. The Balaban J connectivity index is 2.04. The van der Waals surface area contributed by atoms with Gasteiger partial charge in [0.05, 0.1) is 18.5 Å². The zero-order valence-corrected chi connectivity index (χ0v) is 11.3. The zero-order valence-electron chi connectivity index (χ0n) is 10.5. The van der Waals surface area contributed by atoms with Crippen molar-refractivity contribution in [3.63, 3.8) is 0 Å². The Morgan fingerprint density at radius 1 is 1.42 bits per heavy atom. The van der Waals surface area contributed by atoms with E-state index in [1.54, 1.807) is 11.8 Å². The molecule has 102 valence electrons. The van der Waals surface area contributed by atoms with Gasteiger partial charge in [-0.3, -0.25) is 9.59 Å². The van der Waals surface area contributed by atoms with Crippen LogP contribution in [0.1, 0.15) is 24.4 Å². The molecule has 1 aromatic carbocycles. The highest BCUT2D eigenvalue weighted by Gasteiger charge is 2.24. The molecule has 2 atom stereocenters. The lowest BCUT2D eigenvalue weighted by molar-refractivity contribution is -0.126. The summed E-state index contributed by atoms with van der Waals surface area (Å²) in [6.45, 7) is 0. The highest BCUT2D eigenvalue weighted by molar-refractivity contribution is 7.99. The zero-order chi connectivity index (χ0) is 13.8. The lowest BCUT2D eigenvalue weighted by Crippen LogP contribution is -2.44. The van der Waals surface area contributed by atoms with E-state index in [1.807, 2.05) is 24.3 Å². The lowest BCUT2D eigenvalue weighted by Gasteiger charge is -2.26. The number of carbonyl (C=O) groups excluding carboxylic acids is 2. The first-order valence-electron chi connectivity index (χ1n) is 6.14. The number of thioether (sulfide) groups is 1. The summed E-state index contributed by atoms with van der Waals surface area (Å²) < 4.78 is 0. The predicted molar refractivity (Wildman–Crippen MR) is 74.5 cm³/mol. The maximum absolute atomic E-state index is 11.9. The molecule has 2 rings (SSSR count). The van der Waals surface area contributed by atoms with Crippen LogP contribution in [0.15, 0.2) is 29.2 Å². The van der Waals surface area contributed by atoms with E-state index in [2.05, 4.69) is 5.32 Å². The van der Waals surface area contributed by atoms with Gasteiger partial charge in [-0.2, -0.15) is 0 Å². The number of carbonyl (C=O) groups is 2. The summed E-state index contributed by atoms with van der Waals surface area (Å²) in [6, 6.07) is 7.07. The first kappa shape index (κ1) is 13.9. The van der Waals surface area contributed by atoms with Crippen LogP contribution in [0, 0.1) is 0 Å². The van der Waals surface area contributed by atoms with E-state index >= 15 is 0 Å². The fourth-order valence-electron chi connectivity index (χ4n) is 2.08. The van der Waals surface area contributed by atoms with Crippen molar-refractivity contribution in [1.29, 1.82) is 0 Å². The lowest BCUT2D eigenvalue weighted by atomic mass is 10.0. The summed E-state index contributed by atoms with van der Waals surface area (Å²) in [5, 5.41) is 2.90. The number of benzene rings is 1. The van der Waals surface area contributed by atoms with Gasteiger partial charge < -0.3 is 16.8 Å². The Hall–Kier alpha value is -1.53. The van der Waals surface area contributed by atoms with E-state index in [1.165, 1.54) is 4.90 Å². The van der Waals surface area contributed by atoms with Gasteiger partial charge in [-0.1, -0.05) is 18.2 Å². The number of primary amides is 1. The molecule has 0 aliphatic carbocycles. The second-order valence-corrected chi connectivity index (χ2v) is 5.65. The molecule has 0 saturated carbocycles. The number of hydrogen-bond donors (Lipinski definition) is 3. The van der Waals surface area contributed by atoms with Crippen LogP contribution < -0.4 is 16.8 Å². The minimum Gasteiger partial charge on any atom is -0.370 e. The van der Waals surface area contributed by atoms with Gasteiger partial charge in [0.1, 0.15) is 0 Å². The summed E-state index contributed by atoms with van der Waals surface area (Å²) in [4.78, 5) is 23.9. The average Bonchev–Trinajstić information content (AvgIpc) is 2.38. The van der Waals surface area contributed by atoms with Gasteiger partial charge >= 0.3 is 0 Å². The molecule has 2 unspecified atom stereocenters. The summed E-state index contributed by atoms with van der Waals surface area (Å²) in [6.07, 6.45) is 0.728. The average molecular weight is 279 g/mol. The second-order valence-electron chi connectivity index (χ2n) is 4.51. The summed E-state index contributed by atoms with van der Waals surface area (Å²) >= 11 is 1.78. The van der Waals surface area contributed by atoms with E-state index in [0.717, 1.165) is 17.7 Å². The topological polar surface area (TPSA) is 98.2 Å². The summed E-state index contributed by atoms with van der Waals surface area (Å²) in [5.41, 5.74) is 11.8. The Labute approximate surface area is 116 Å². The molecule has 0 spiro atoms. The van der Waals surface area contributed by atoms with Crippen LogP contribution in [0.5, 0.6) is 0 Å². The predicted octanol–water partition coefficient (Wildman–Crippen LogP) is 0.542. The molecule has 0 aromatic heterocycles. The maximum Gasteiger partial charge on any atom is 0.237 e. The maximum atomic E-state index is 11.9. The van der Waals surface area contributed by atoms with Crippen molar-refractivity contribution in [2.75, 3.05) is 5.75 Å². The fourth-order valence-corrected chi connectivity index (χ4v) is 3.21. The Morgan fingerprint density at radius 3 is 2.89 bits per heavy atom. The number of rotatable bonds is 4. The van der Waals surface area contributed by atoms with Crippen LogP contribution in [0.2, 0.25) is 0 Å². The first-order valence-corrected chi connectivity index (χ1v) is 7.12. The normalized spacial score (nSPS) is 19.3. The van der Waals surface area contributed by atoms with Crippen molar-refractivity contribution >= 4 is 23.6 Å². The third kappa shape index (κ3) is 3.48. The van der Waals surface area contributed by atoms with E-state index in [-0.39, 0.29) is 18.4 Å². The second kappa shape index (κ2) is 6.08. The monoisotopic (exact) mass is 279 g/mol. The van der Waals surface area contributed by atoms with Crippen molar-refractivity contribution in [3.05, 3.63) is 29.8 Å². The number of fused-ring (bicyclic) bond motifs is 1. The third-order valence-electron chi connectivity index (χ3n) is 3.03. The number of amides is 2. The van der Waals surface area contributed by atoms with Crippen LogP contribution in [0.3, 0.4) is 0 Å². The summed E-state index contributed by atoms with van der Waals surface area (Å²) in [5.74, 6) is 0.0558. The Morgan fingerprint density at radius 2 is 2.16 bits per heavy atom. The van der Waals surface area contributed by atoms with Gasteiger partial charge in [-0.15, -0.1) is 11.8 Å². The van der Waals surface area contributed by atoms with Gasteiger partial charge in [0.15, 0.2) is 0 Å². The van der Waals surface area contributed by atoms with Gasteiger partial charge in [0, 0.05) is 10.6 Å². The van der Waals surface area contributed by atoms with E-state index in [0.29, 0.717) is 0 Å². The van der Waals surface area contributed by atoms with Gasteiger partial charge in [-0.05, 0) is 18.1 Å². The quantitative estimate of drug-likeness (QED) is 0.749. The van der Waals surface area contributed by atoms with Crippen LogP contribution >= 0.6 is 11.8 Å². The van der Waals surface area contributed by atoms with Crippen LogP contribution in [0.25, 0.3) is 0 Å². The molecule has 6 heteroatoms. The van der Waals surface area contributed by atoms with Crippen molar-refractivity contribution in [2.24, 2.45) is 11.5 Å². The number of nitrogens with two attached hydrogens (primary N) is 2. The first-order chi connectivity index (χ1) is 9.08. The molecule has 1 heterocycles. The van der Waals surface area contributed by atoms with E-state index < -0.39 is 11.9 Å². The molecule has 0 bridgehead atoms. The van der Waals surface area contributed by atoms with E-state index in [4.69, 9.17) is 11.5 Å². The summed E-state index contributed by atoms with van der Waals surface area (Å²) in [7, 11) is 0. The highest BCUT2D eigenvalue weighted by Crippen LogP contribution is 2.35. The van der Waals surface area contributed by atoms with E-state index in [9.17, 15) is 9.59 Å². The Kier molecular flexibility index (Phi) is 4.44. The van der Waals surface area contributed by atoms with Crippen molar-refractivity contribution < 1.29 is 9.59 Å². The molecule has 0 radical (unpaired) electrons. The Bertz CT molecular complexity index is 493. The van der Waals surface area contributed by atoms with Gasteiger partial charge in [0.2, 0.25) is 11.8 Å². The van der Waals surface area contributed by atoms with Crippen LogP contribution in [-0.2, 0) is 9.59 Å². The minimum absolute atomic E-state index is 0.0381. The molecule has 0 fully saturated rings. The molecule has 5 nitrogen and oxygen atoms in total. The SMILES string of the molecule is NC(=O)CC(N)C(=O)NC1CCSc2ccccc21. The fraction of sp³-hybridized carbons (Fsp3) is 0.385. The largest absolute Gasteiger partial charge is 0.370 e. The standard InChI is InChI=1S/C13H17N3O2S/c14-9(7-12(15)17)13(18)16-10-5-6-19-11-4-2-1-3-8(10)11/h1-4,9-10H,5-7,14H2,(H2,15,17)(H,16,18). The molecular weight excluding hydrogens is 262 g/mol. The molecule has 1 aromatic rings. The molecule has 1 aliphatic heterocycles.